The minimum Gasteiger partial charge on any atom is -0.374 e. The Morgan fingerprint density at radius 3 is 2.89 bits per heavy atom. The number of amides is 1. The molecule has 1 saturated carbocycles. The highest BCUT2D eigenvalue weighted by Gasteiger charge is 2.30. The van der Waals surface area contributed by atoms with Crippen LogP contribution in [0.5, 0.6) is 0 Å². The Balaban J connectivity index is 1.44. The Morgan fingerprint density at radius 2 is 2.19 bits per heavy atom. The van der Waals surface area contributed by atoms with Crippen molar-refractivity contribution in [3.8, 4) is 0 Å². The average molecular weight is 374 g/mol. The highest BCUT2D eigenvalue weighted by Crippen LogP contribution is 2.28. The molecule has 1 aliphatic carbocycles. The lowest BCUT2D eigenvalue weighted by atomic mass is 10.1. The topological polar surface area (TPSA) is 44.8 Å². The van der Waals surface area contributed by atoms with Crippen molar-refractivity contribution in [3.63, 3.8) is 0 Å². The highest BCUT2D eigenvalue weighted by atomic mass is 16.5. The van der Waals surface area contributed by atoms with E-state index in [1.54, 1.807) is 0 Å². The molecule has 0 aromatic heterocycles. The molecule has 1 aromatic rings. The van der Waals surface area contributed by atoms with Gasteiger partial charge in [0.15, 0.2) is 0 Å². The van der Waals surface area contributed by atoms with Gasteiger partial charge >= 0.3 is 0 Å². The molecule has 0 radical (unpaired) electrons. The van der Waals surface area contributed by atoms with Crippen molar-refractivity contribution in [2.24, 2.45) is 5.92 Å². The zero-order chi connectivity index (χ0) is 19.2. The molecular formula is C22H35N3O2. The van der Waals surface area contributed by atoms with Gasteiger partial charge in [-0.2, -0.15) is 0 Å². The minimum absolute atomic E-state index is 0.104. The number of rotatable bonds is 9. The maximum atomic E-state index is 12.5. The highest BCUT2D eigenvalue weighted by molar-refractivity contribution is 5.78. The van der Waals surface area contributed by atoms with Gasteiger partial charge in [0, 0.05) is 38.8 Å². The standard InChI is InChI=1S/C22H35N3O2/c1-17(2)13-24-9-10-27-21(15-24)12-23-22(26)16-25(20-7-8-20)14-19-6-4-5-18(3)11-19/h4-6,11,17,20-21H,7-10,12-16H2,1-3H3,(H,23,26). The lowest BCUT2D eigenvalue weighted by Crippen LogP contribution is -2.49. The van der Waals surface area contributed by atoms with Gasteiger partial charge in [-0.3, -0.25) is 14.6 Å². The summed E-state index contributed by atoms with van der Waals surface area (Å²) in [4.78, 5) is 17.3. The van der Waals surface area contributed by atoms with Crippen LogP contribution in [-0.2, 0) is 16.1 Å². The monoisotopic (exact) mass is 373 g/mol. The predicted octanol–water partition coefficient (Wildman–Crippen LogP) is 2.43. The van der Waals surface area contributed by atoms with Crippen LogP contribution >= 0.6 is 0 Å². The molecule has 0 bridgehead atoms. The number of hydrogen-bond acceptors (Lipinski definition) is 4. The third-order valence-corrected chi connectivity index (χ3v) is 5.25. The Labute approximate surface area is 164 Å². The molecule has 1 saturated heterocycles. The van der Waals surface area contributed by atoms with E-state index >= 15 is 0 Å². The minimum atomic E-state index is 0.104. The number of carbonyl (C=O) groups is 1. The van der Waals surface area contributed by atoms with Crippen LogP contribution in [-0.4, -0.2) is 67.2 Å². The van der Waals surface area contributed by atoms with E-state index in [2.05, 4.69) is 60.2 Å². The number of ether oxygens (including phenoxy) is 1. The molecule has 1 N–H and O–H groups in total. The first kappa shape index (κ1) is 20.3. The van der Waals surface area contributed by atoms with Crippen molar-refractivity contribution in [1.29, 1.82) is 0 Å². The lowest BCUT2D eigenvalue weighted by molar-refractivity contribution is -0.123. The Morgan fingerprint density at radius 1 is 1.37 bits per heavy atom. The van der Waals surface area contributed by atoms with Gasteiger partial charge in [0.2, 0.25) is 5.91 Å². The molecule has 27 heavy (non-hydrogen) atoms. The van der Waals surface area contributed by atoms with E-state index in [9.17, 15) is 4.79 Å². The van der Waals surface area contributed by atoms with Gasteiger partial charge in [-0.25, -0.2) is 0 Å². The second-order valence-corrected chi connectivity index (χ2v) is 8.58. The fourth-order valence-electron chi connectivity index (χ4n) is 3.85. The molecule has 5 nitrogen and oxygen atoms in total. The van der Waals surface area contributed by atoms with Crippen molar-refractivity contribution in [2.45, 2.75) is 52.3 Å². The quantitative estimate of drug-likeness (QED) is 0.722. The summed E-state index contributed by atoms with van der Waals surface area (Å²) in [5.74, 6) is 0.770. The largest absolute Gasteiger partial charge is 0.374 e. The van der Waals surface area contributed by atoms with Crippen molar-refractivity contribution in [2.75, 3.05) is 39.3 Å². The fraction of sp³-hybridized carbons (Fsp3) is 0.682. The molecule has 2 fully saturated rings. The zero-order valence-corrected chi connectivity index (χ0v) is 17.1. The normalized spacial score (nSPS) is 21.0. The van der Waals surface area contributed by atoms with E-state index < -0.39 is 0 Å². The summed E-state index contributed by atoms with van der Waals surface area (Å²) in [5, 5.41) is 3.10. The second kappa shape index (κ2) is 9.67. The van der Waals surface area contributed by atoms with E-state index in [1.807, 2.05) is 0 Å². The number of benzene rings is 1. The molecule has 1 heterocycles. The Hall–Kier alpha value is -1.43. The van der Waals surface area contributed by atoms with Crippen LogP contribution in [0.15, 0.2) is 24.3 Å². The molecule has 2 aliphatic rings. The number of morpholine rings is 1. The van der Waals surface area contributed by atoms with E-state index in [0.717, 1.165) is 32.8 Å². The number of nitrogens with one attached hydrogen (secondary N) is 1. The summed E-state index contributed by atoms with van der Waals surface area (Å²) in [5.41, 5.74) is 2.56. The van der Waals surface area contributed by atoms with Gasteiger partial charge in [0.25, 0.3) is 0 Å². The van der Waals surface area contributed by atoms with Crippen molar-refractivity contribution in [3.05, 3.63) is 35.4 Å². The molecule has 1 atom stereocenters. The van der Waals surface area contributed by atoms with Gasteiger partial charge in [-0.05, 0) is 31.2 Å². The van der Waals surface area contributed by atoms with Gasteiger partial charge in [0.05, 0.1) is 19.3 Å². The SMILES string of the molecule is Cc1cccc(CN(CC(=O)NCC2CN(CC(C)C)CCO2)C2CC2)c1. The first-order chi connectivity index (χ1) is 13.0. The summed E-state index contributed by atoms with van der Waals surface area (Å²) in [6.45, 7) is 12.3. The second-order valence-electron chi connectivity index (χ2n) is 8.58. The average Bonchev–Trinajstić information content (AvgIpc) is 3.44. The van der Waals surface area contributed by atoms with Gasteiger partial charge in [-0.1, -0.05) is 43.7 Å². The lowest BCUT2D eigenvalue weighted by Gasteiger charge is -2.34. The third kappa shape index (κ3) is 6.91. The summed E-state index contributed by atoms with van der Waals surface area (Å²) in [7, 11) is 0. The van der Waals surface area contributed by atoms with Crippen LogP contribution in [0.1, 0.15) is 37.8 Å². The van der Waals surface area contributed by atoms with Crippen LogP contribution in [0.25, 0.3) is 0 Å². The van der Waals surface area contributed by atoms with E-state index in [-0.39, 0.29) is 12.0 Å². The zero-order valence-electron chi connectivity index (χ0n) is 17.1. The van der Waals surface area contributed by atoms with Crippen LogP contribution in [0.3, 0.4) is 0 Å². The van der Waals surface area contributed by atoms with Gasteiger partial charge in [-0.15, -0.1) is 0 Å². The molecule has 1 unspecified atom stereocenters. The Kier molecular flexibility index (Phi) is 7.27. The van der Waals surface area contributed by atoms with Crippen molar-refractivity contribution in [1.82, 2.24) is 15.1 Å². The van der Waals surface area contributed by atoms with Crippen LogP contribution in [0.4, 0.5) is 0 Å². The number of aryl methyl sites for hydroxylation is 1. The van der Waals surface area contributed by atoms with E-state index in [4.69, 9.17) is 4.74 Å². The molecular weight excluding hydrogens is 338 g/mol. The summed E-state index contributed by atoms with van der Waals surface area (Å²) in [6.07, 6.45) is 2.51. The summed E-state index contributed by atoms with van der Waals surface area (Å²) in [6, 6.07) is 9.14. The maximum Gasteiger partial charge on any atom is 0.234 e. The summed E-state index contributed by atoms with van der Waals surface area (Å²) >= 11 is 0. The number of nitrogens with zero attached hydrogens (tertiary/aromatic N) is 2. The maximum absolute atomic E-state index is 12.5. The smallest absolute Gasteiger partial charge is 0.234 e. The Bertz CT molecular complexity index is 615. The molecule has 3 rings (SSSR count). The molecule has 1 aromatic carbocycles. The first-order valence-electron chi connectivity index (χ1n) is 10.4. The molecule has 1 aliphatic heterocycles. The molecule has 1 amide bonds. The van der Waals surface area contributed by atoms with Crippen LogP contribution in [0, 0.1) is 12.8 Å². The molecule has 0 spiro atoms. The first-order valence-corrected chi connectivity index (χ1v) is 10.4. The van der Waals surface area contributed by atoms with E-state index in [1.165, 1.54) is 24.0 Å². The number of hydrogen-bond donors (Lipinski definition) is 1. The van der Waals surface area contributed by atoms with Gasteiger partial charge in [0.1, 0.15) is 0 Å². The van der Waals surface area contributed by atoms with Crippen LogP contribution < -0.4 is 5.32 Å². The van der Waals surface area contributed by atoms with Crippen molar-refractivity contribution >= 4 is 5.91 Å². The van der Waals surface area contributed by atoms with Gasteiger partial charge < -0.3 is 10.1 Å². The molecule has 5 heteroatoms. The van der Waals surface area contributed by atoms with Crippen molar-refractivity contribution < 1.29 is 9.53 Å². The summed E-state index contributed by atoms with van der Waals surface area (Å²) < 4.78 is 5.84. The third-order valence-electron chi connectivity index (χ3n) is 5.25. The predicted molar refractivity (Wildman–Crippen MR) is 109 cm³/mol. The number of carbonyl (C=O) groups excluding carboxylic acids is 1. The van der Waals surface area contributed by atoms with Crippen LogP contribution in [0.2, 0.25) is 0 Å². The van der Waals surface area contributed by atoms with E-state index in [0.29, 0.717) is 25.0 Å². The fourth-order valence-corrected chi connectivity index (χ4v) is 3.85. The molecule has 150 valence electrons.